The van der Waals surface area contributed by atoms with Crippen LogP contribution in [0.25, 0.3) is 0 Å². The predicted octanol–water partition coefficient (Wildman–Crippen LogP) is 4.73. The monoisotopic (exact) mass is 538 g/mol. The summed E-state index contributed by atoms with van der Waals surface area (Å²) in [7, 11) is 1.29. The molecule has 1 aromatic rings. The zero-order valence-corrected chi connectivity index (χ0v) is 20.3. The number of methoxy groups -OCH3 is 1. The molecule has 0 aliphatic carbocycles. The molecule has 9 heteroatoms. The Balaban J connectivity index is 2.14. The van der Waals surface area contributed by atoms with Crippen LogP contribution in [0.5, 0.6) is 5.75 Å². The van der Waals surface area contributed by atoms with Crippen molar-refractivity contribution in [2.24, 2.45) is 5.92 Å². The van der Waals surface area contributed by atoms with Crippen molar-refractivity contribution in [2.75, 3.05) is 26.0 Å². The average molecular weight is 539 g/mol. The van der Waals surface area contributed by atoms with E-state index < -0.39 is 11.6 Å². The Bertz CT molecular complexity index is 781. The van der Waals surface area contributed by atoms with E-state index in [0.717, 1.165) is 12.8 Å². The summed E-state index contributed by atoms with van der Waals surface area (Å²) in [6.45, 7) is 8.55. The van der Waals surface area contributed by atoms with Crippen LogP contribution in [0, 0.1) is 9.49 Å². The van der Waals surface area contributed by atoms with Crippen LogP contribution in [0.4, 0.5) is 10.5 Å². The molecule has 1 heterocycles. The molecule has 1 fully saturated rings. The number of amides is 1. The minimum atomic E-state index is -0.556. The number of hydrogen-bond acceptors (Lipinski definition) is 6. The molecule has 7 nitrogen and oxygen atoms in total. The number of hydrogen-bond donors (Lipinski definition) is 1. The molecule has 0 spiro atoms. The molecular weight excluding hydrogens is 511 g/mol. The van der Waals surface area contributed by atoms with E-state index in [2.05, 4.69) is 0 Å². The summed E-state index contributed by atoms with van der Waals surface area (Å²) < 4.78 is 16.8. The number of halogens is 2. The largest absolute Gasteiger partial charge is 0.491 e. The summed E-state index contributed by atoms with van der Waals surface area (Å²) in [5, 5.41) is 0.240. The second-order valence-electron chi connectivity index (χ2n) is 8.08. The van der Waals surface area contributed by atoms with Gasteiger partial charge in [-0.1, -0.05) is 11.6 Å². The second-order valence-corrected chi connectivity index (χ2v) is 9.54. The van der Waals surface area contributed by atoms with Gasteiger partial charge in [0.05, 0.1) is 33.6 Å². The van der Waals surface area contributed by atoms with Crippen molar-refractivity contribution >= 4 is 51.9 Å². The van der Waals surface area contributed by atoms with Gasteiger partial charge >= 0.3 is 12.1 Å². The van der Waals surface area contributed by atoms with Crippen LogP contribution in [0.3, 0.4) is 0 Å². The van der Waals surface area contributed by atoms with E-state index in [4.69, 9.17) is 31.5 Å². The molecule has 2 atom stereocenters. The highest BCUT2D eigenvalue weighted by Crippen LogP contribution is 2.37. The maximum absolute atomic E-state index is 12.5. The summed E-state index contributed by atoms with van der Waals surface area (Å²) in [6, 6.07) is 1.46. The molecule has 162 valence electrons. The first-order valence-corrected chi connectivity index (χ1v) is 10.9. The summed E-state index contributed by atoms with van der Waals surface area (Å²) >= 11 is 8.20. The van der Waals surface area contributed by atoms with E-state index in [1.165, 1.54) is 13.2 Å². The highest BCUT2D eigenvalue weighted by Gasteiger charge is 2.34. The van der Waals surface area contributed by atoms with Crippen LogP contribution in [0.1, 0.15) is 50.9 Å². The smallest absolute Gasteiger partial charge is 0.410 e. The Kier molecular flexibility index (Phi) is 7.89. The maximum atomic E-state index is 12.5. The normalized spacial score (nSPS) is 19.6. The van der Waals surface area contributed by atoms with Crippen LogP contribution in [-0.4, -0.2) is 48.9 Å². The minimum absolute atomic E-state index is 0.0497. The van der Waals surface area contributed by atoms with Gasteiger partial charge in [-0.15, -0.1) is 0 Å². The third-order valence-electron chi connectivity index (χ3n) is 4.84. The number of carbonyl (C=O) groups excluding carboxylic acids is 2. The molecule has 0 aromatic heterocycles. The third-order valence-corrected chi connectivity index (χ3v) is 6.67. The fourth-order valence-electron chi connectivity index (χ4n) is 3.22. The minimum Gasteiger partial charge on any atom is -0.491 e. The van der Waals surface area contributed by atoms with Gasteiger partial charge in [0.15, 0.2) is 0 Å². The number of nitrogen functional groups attached to an aromatic ring is 1. The highest BCUT2D eigenvalue weighted by molar-refractivity contribution is 14.1. The first kappa shape index (κ1) is 23.9. The summed E-state index contributed by atoms with van der Waals surface area (Å²) in [4.78, 5) is 26.2. The number of esters is 1. The molecule has 0 saturated carbocycles. The molecule has 1 aromatic carbocycles. The number of benzene rings is 1. The molecule has 1 saturated heterocycles. The average Bonchev–Trinajstić information content (AvgIpc) is 2.64. The molecule has 2 N–H and O–H groups in total. The van der Waals surface area contributed by atoms with Gasteiger partial charge in [0.1, 0.15) is 11.4 Å². The quantitative estimate of drug-likeness (QED) is 0.339. The van der Waals surface area contributed by atoms with Crippen LogP contribution in [-0.2, 0) is 9.47 Å². The van der Waals surface area contributed by atoms with Crippen LogP contribution >= 0.6 is 34.2 Å². The number of piperidine rings is 1. The fourth-order valence-corrected chi connectivity index (χ4v) is 4.01. The van der Waals surface area contributed by atoms with E-state index in [-0.39, 0.29) is 28.6 Å². The van der Waals surface area contributed by atoms with E-state index >= 15 is 0 Å². The molecule has 29 heavy (non-hydrogen) atoms. The van der Waals surface area contributed by atoms with Crippen molar-refractivity contribution in [3.8, 4) is 5.75 Å². The van der Waals surface area contributed by atoms with Gasteiger partial charge in [-0.2, -0.15) is 0 Å². The van der Waals surface area contributed by atoms with Crippen molar-refractivity contribution in [2.45, 2.75) is 52.2 Å². The highest BCUT2D eigenvalue weighted by atomic mass is 127. The number of carbonyl (C=O) groups is 2. The molecule has 2 rings (SSSR count). The standard InChI is InChI=1S/C20H28ClIN2O5/c1-11-12(7-6-8-24(11)19(26)29-20(2,3)4)10-28-14-9-13(18(25)27-5)15(21)16(22)17(14)23/h9,11-12H,6-8,10,23H2,1-5H3/t11?,12-/m1/s1. The molecule has 0 radical (unpaired) electrons. The molecule has 1 aliphatic rings. The van der Waals surface area contributed by atoms with Gasteiger partial charge in [0.2, 0.25) is 0 Å². The van der Waals surface area contributed by atoms with E-state index in [1.54, 1.807) is 4.90 Å². The summed E-state index contributed by atoms with van der Waals surface area (Å²) in [5.41, 5.74) is 6.17. The number of nitrogens with zero attached hydrogens (tertiary/aromatic N) is 1. The Morgan fingerprint density at radius 1 is 1.38 bits per heavy atom. The van der Waals surface area contributed by atoms with E-state index in [1.807, 2.05) is 50.3 Å². The Labute approximate surface area is 190 Å². The Morgan fingerprint density at radius 2 is 2.03 bits per heavy atom. The lowest BCUT2D eigenvalue weighted by Gasteiger charge is -2.39. The van der Waals surface area contributed by atoms with Crippen molar-refractivity contribution in [1.82, 2.24) is 4.90 Å². The lowest BCUT2D eigenvalue weighted by atomic mass is 9.91. The molecule has 1 unspecified atom stereocenters. The maximum Gasteiger partial charge on any atom is 0.410 e. The number of anilines is 1. The SMILES string of the molecule is COC(=O)c1cc(OC[C@H]2CCCN(C(=O)OC(C)(C)C)C2C)c(N)c(I)c1Cl. The van der Waals surface area contributed by atoms with Crippen LogP contribution < -0.4 is 10.5 Å². The number of nitrogens with two attached hydrogens (primary N) is 1. The topological polar surface area (TPSA) is 91.1 Å². The van der Waals surface area contributed by atoms with Crippen molar-refractivity contribution in [1.29, 1.82) is 0 Å². The molecule has 1 aliphatic heterocycles. The van der Waals surface area contributed by atoms with Crippen LogP contribution in [0.15, 0.2) is 6.07 Å². The molecule has 0 bridgehead atoms. The van der Waals surface area contributed by atoms with Gasteiger partial charge in [-0.05, 0) is 69.2 Å². The van der Waals surface area contributed by atoms with Gasteiger partial charge in [-0.3, -0.25) is 0 Å². The lowest BCUT2D eigenvalue weighted by molar-refractivity contribution is -0.00156. The number of ether oxygens (including phenoxy) is 3. The zero-order chi connectivity index (χ0) is 21.9. The van der Waals surface area contributed by atoms with Crippen LogP contribution in [0.2, 0.25) is 5.02 Å². The summed E-state index contributed by atoms with van der Waals surface area (Å²) in [5.74, 6) is -0.0775. The van der Waals surface area contributed by atoms with E-state index in [0.29, 0.717) is 28.2 Å². The first-order valence-electron chi connectivity index (χ1n) is 9.44. The van der Waals surface area contributed by atoms with Crippen molar-refractivity contribution in [3.05, 3.63) is 20.2 Å². The summed E-state index contributed by atoms with van der Waals surface area (Å²) in [6.07, 6.45) is 1.45. The first-order chi connectivity index (χ1) is 13.5. The number of likely N-dealkylation sites (tertiary alicyclic amines) is 1. The Hall–Kier alpha value is -1.42. The van der Waals surface area contributed by atoms with E-state index in [9.17, 15) is 9.59 Å². The molecule has 1 amide bonds. The van der Waals surface area contributed by atoms with Gasteiger partial charge < -0.3 is 24.8 Å². The lowest BCUT2D eigenvalue weighted by Crippen LogP contribution is -2.50. The van der Waals surface area contributed by atoms with Crippen molar-refractivity contribution < 1.29 is 23.8 Å². The fraction of sp³-hybridized carbons (Fsp3) is 0.600. The van der Waals surface area contributed by atoms with Gasteiger partial charge in [0.25, 0.3) is 0 Å². The number of rotatable bonds is 4. The molecular formula is C20H28ClIN2O5. The third kappa shape index (κ3) is 5.81. The Morgan fingerprint density at radius 3 is 2.62 bits per heavy atom. The van der Waals surface area contributed by atoms with Gasteiger partial charge in [-0.25, -0.2) is 9.59 Å². The van der Waals surface area contributed by atoms with Gasteiger partial charge in [0, 0.05) is 18.5 Å². The predicted molar refractivity (Wildman–Crippen MR) is 121 cm³/mol. The zero-order valence-electron chi connectivity index (χ0n) is 17.4. The van der Waals surface area contributed by atoms with Crippen molar-refractivity contribution in [3.63, 3.8) is 0 Å². The second kappa shape index (κ2) is 9.59.